The second-order valence-corrected chi connectivity index (χ2v) is 5.19. The largest absolute Gasteiger partial charge is 0.376 e. The molecule has 2 atom stereocenters. The van der Waals surface area contributed by atoms with E-state index >= 15 is 0 Å². The van der Waals surface area contributed by atoms with Crippen LogP contribution in [0.1, 0.15) is 18.2 Å². The van der Waals surface area contributed by atoms with Crippen LogP contribution in [0.3, 0.4) is 0 Å². The molecule has 2 unspecified atom stereocenters. The quantitative estimate of drug-likeness (QED) is 0.837. The molecule has 0 aliphatic carbocycles. The lowest BCUT2D eigenvalue weighted by molar-refractivity contribution is -0.101. The molecule has 0 spiro atoms. The van der Waals surface area contributed by atoms with E-state index in [9.17, 15) is 0 Å². The summed E-state index contributed by atoms with van der Waals surface area (Å²) in [6, 6.07) is 0.329. The molecule has 1 aromatic heterocycles. The van der Waals surface area contributed by atoms with Gasteiger partial charge in [0.15, 0.2) is 0 Å². The van der Waals surface area contributed by atoms with Gasteiger partial charge in [-0.2, -0.15) is 0 Å². The summed E-state index contributed by atoms with van der Waals surface area (Å²) in [5.41, 5.74) is 1.88. The fourth-order valence-corrected chi connectivity index (χ4v) is 2.62. The van der Waals surface area contributed by atoms with E-state index in [1.165, 1.54) is 4.88 Å². The van der Waals surface area contributed by atoms with Gasteiger partial charge in [0.1, 0.15) is 0 Å². The van der Waals surface area contributed by atoms with E-state index in [0.29, 0.717) is 19.3 Å². The van der Waals surface area contributed by atoms with Crippen molar-refractivity contribution in [3.05, 3.63) is 16.6 Å². The zero-order chi connectivity index (χ0) is 11.9. The normalized spacial score (nSPS) is 22.5. The van der Waals surface area contributed by atoms with Gasteiger partial charge >= 0.3 is 0 Å². The maximum atomic E-state index is 5.78. The first-order valence-corrected chi connectivity index (χ1v) is 7.08. The standard InChI is InChI=1S/C12H20N2O2S/c1-2-3-14-11(6-10-7-13-9-17-10)12-8-15-4-5-16-12/h7,9,11-12,14H,2-6,8H2,1H3. The molecule has 2 rings (SSSR count). The number of nitrogens with one attached hydrogen (secondary N) is 1. The molecule has 1 aromatic rings. The van der Waals surface area contributed by atoms with Gasteiger partial charge in [0.05, 0.1) is 31.4 Å². The van der Waals surface area contributed by atoms with Crippen LogP contribution in [0, 0.1) is 0 Å². The van der Waals surface area contributed by atoms with Crippen LogP contribution in [0.15, 0.2) is 11.7 Å². The molecule has 0 bridgehead atoms. The van der Waals surface area contributed by atoms with Gasteiger partial charge in [0.25, 0.3) is 0 Å². The van der Waals surface area contributed by atoms with E-state index < -0.39 is 0 Å². The number of nitrogens with zero attached hydrogens (tertiary/aromatic N) is 1. The molecule has 4 nitrogen and oxygen atoms in total. The van der Waals surface area contributed by atoms with E-state index in [0.717, 1.165) is 26.0 Å². The summed E-state index contributed by atoms with van der Waals surface area (Å²) in [5, 5.41) is 3.55. The first-order valence-electron chi connectivity index (χ1n) is 6.20. The van der Waals surface area contributed by atoms with Crippen molar-refractivity contribution in [3.63, 3.8) is 0 Å². The first-order chi connectivity index (χ1) is 8.40. The molecule has 1 N–H and O–H groups in total. The van der Waals surface area contributed by atoms with Gasteiger partial charge in [-0.25, -0.2) is 0 Å². The predicted octanol–water partition coefficient (Wildman–Crippen LogP) is 1.47. The van der Waals surface area contributed by atoms with Gasteiger partial charge in [0, 0.05) is 23.5 Å². The summed E-state index contributed by atoms with van der Waals surface area (Å²) in [5.74, 6) is 0. The highest BCUT2D eigenvalue weighted by Crippen LogP contribution is 2.14. The van der Waals surface area contributed by atoms with Gasteiger partial charge < -0.3 is 14.8 Å². The Morgan fingerprint density at radius 2 is 2.53 bits per heavy atom. The summed E-state index contributed by atoms with van der Waals surface area (Å²) in [4.78, 5) is 5.42. The summed E-state index contributed by atoms with van der Waals surface area (Å²) in [6.07, 6.45) is 4.21. The van der Waals surface area contributed by atoms with Crippen LogP contribution < -0.4 is 5.32 Å². The molecule has 0 amide bonds. The molecule has 5 heteroatoms. The van der Waals surface area contributed by atoms with Crippen molar-refractivity contribution in [2.75, 3.05) is 26.4 Å². The van der Waals surface area contributed by atoms with Gasteiger partial charge in [-0.05, 0) is 13.0 Å². The zero-order valence-corrected chi connectivity index (χ0v) is 11.0. The number of rotatable bonds is 6. The Morgan fingerprint density at radius 1 is 1.59 bits per heavy atom. The van der Waals surface area contributed by atoms with Crippen molar-refractivity contribution in [2.45, 2.75) is 31.9 Å². The molecular formula is C12H20N2O2S. The summed E-state index contributed by atoms with van der Waals surface area (Å²) >= 11 is 1.70. The lowest BCUT2D eigenvalue weighted by Gasteiger charge is -2.31. The van der Waals surface area contributed by atoms with Crippen LogP contribution in [0.4, 0.5) is 0 Å². The molecule has 1 aliphatic heterocycles. The molecule has 1 saturated heterocycles. The third-order valence-corrected chi connectivity index (χ3v) is 3.65. The number of thiazole rings is 1. The fourth-order valence-electron chi connectivity index (χ4n) is 1.96. The van der Waals surface area contributed by atoms with Crippen molar-refractivity contribution in [3.8, 4) is 0 Å². The number of ether oxygens (including phenoxy) is 2. The third-order valence-electron chi connectivity index (χ3n) is 2.85. The maximum Gasteiger partial charge on any atom is 0.0965 e. The molecule has 17 heavy (non-hydrogen) atoms. The van der Waals surface area contributed by atoms with E-state index in [2.05, 4.69) is 17.2 Å². The van der Waals surface area contributed by atoms with Crippen LogP contribution in [0.5, 0.6) is 0 Å². The van der Waals surface area contributed by atoms with Crippen LogP contribution in [0.25, 0.3) is 0 Å². The lowest BCUT2D eigenvalue weighted by atomic mass is 10.1. The van der Waals surface area contributed by atoms with E-state index in [-0.39, 0.29) is 6.10 Å². The summed E-state index contributed by atoms with van der Waals surface area (Å²) < 4.78 is 11.3. The minimum Gasteiger partial charge on any atom is -0.376 e. The second kappa shape index (κ2) is 7.06. The molecular weight excluding hydrogens is 236 g/mol. The minimum absolute atomic E-state index is 0.164. The number of aromatic nitrogens is 1. The fraction of sp³-hybridized carbons (Fsp3) is 0.750. The molecule has 0 saturated carbocycles. The molecule has 0 aromatic carbocycles. The van der Waals surface area contributed by atoms with E-state index in [1.54, 1.807) is 11.3 Å². The van der Waals surface area contributed by atoms with Crippen molar-refractivity contribution in [1.29, 1.82) is 0 Å². The number of hydrogen-bond acceptors (Lipinski definition) is 5. The molecule has 1 aliphatic rings. The minimum atomic E-state index is 0.164. The van der Waals surface area contributed by atoms with Crippen LogP contribution in [-0.2, 0) is 15.9 Å². The van der Waals surface area contributed by atoms with E-state index in [4.69, 9.17) is 9.47 Å². The van der Waals surface area contributed by atoms with Crippen molar-refractivity contribution >= 4 is 11.3 Å². The van der Waals surface area contributed by atoms with Gasteiger partial charge in [-0.1, -0.05) is 6.92 Å². The Bertz CT molecular complexity index is 299. The van der Waals surface area contributed by atoms with Crippen molar-refractivity contribution in [2.24, 2.45) is 0 Å². The van der Waals surface area contributed by atoms with Crippen LogP contribution >= 0.6 is 11.3 Å². The predicted molar refractivity (Wildman–Crippen MR) is 68.5 cm³/mol. The molecule has 2 heterocycles. The number of hydrogen-bond donors (Lipinski definition) is 1. The topological polar surface area (TPSA) is 43.4 Å². The zero-order valence-electron chi connectivity index (χ0n) is 10.2. The Balaban J connectivity index is 1.91. The average molecular weight is 256 g/mol. The average Bonchev–Trinajstić information content (AvgIpc) is 2.88. The van der Waals surface area contributed by atoms with Gasteiger partial charge in [-0.3, -0.25) is 4.98 Å². The Morgan fingerprint density at radius 3 is 3.18 bits per heavy atom. The Labute approximate surface area is 106 Å². The van der Waals surface area contributed by atoms with Crippen molar-refractivity contribution < 1.29 is 9.47 Å². The van der Waals surface area contributed by atoms with Gasteiger partial charge in [0.2, 0.25) is 0 Å². The highest BCUT2D eigenvalue weighted by Gasteiger charge is 2.25. The second-order valence-electron chi connectivity index (χ2n) is 4.22. The summed E-state index contributed by atoms with van der Waals surface area (Å²) in [7, 11) is 0. The van der Waals surface area contributed by atoms with Gasteiger partial charge in [-0.15, -0.1) is 11.3 Å². The highest BCUT2D eigenvalue weighted by molar-refractivity contribution is 7.09. The smallest absolute Gasteiger partial charge is 0.0965 e. The van der Waals surface area contributed by atoms with Crippen molar-refractivity contribution in [1.82, 2.24) is 10.3 Å². The lowest BCUT2D eigenvalue weighted by Crippen LogP contribution is -2.48. The monoisotopic (exact) mass is 256 g/mol. The first kappa shape index (κ1) is 13.0. The SMILES string of the molecule is CCCNC(Cc1cncs1)C1COCCO1. The van der Waals surface area contributed by atoms with Crippen LogP contribution in [0.2, 0.25) is 0 Å². The van der Waals surface area contributed by atoms with E-state index in [1.807, 2.05) is 11.7 Å². The Kier molecular flexibility index (Phi) is 5.38. The molecule has 0 radical (unpaired) electrons. The molecule has 96 valence electrons. The Hall–Kier alpha value is -0.490. The highest BCUT2D eigenvalue weighted by atomic mass is 32.1. The third kappa shape index (κ3) is 4.03. The molecule has 1 fully saturated rings. The van der Waals surface area contributed by atoms with Crippen LogP contribution in [-0.4, -0.2) is 43.5 Å². The maximum absolute atomic E-state index is 5.78. The summed E-state index contributed by atoms with van der Waals surface area (Å²) in [6.45, 7) is 5.31.